The highest BCUT2D eigenvalue weighted by Gasteiger charge is 2.14. The molecule has 4 N–H and O–H groups in total. The molecule has 138 valence electrons. The van der Waals surface area contributed by atoms with E-state index < -0.39 is 0 Å². The average Bonchev–Trinajstić information content (AvgIpc) is 2.59. The molecule has 6 nitrogen and oxygen atoms in total. The maximum absolute atomic E-state index is 12.0. The standard InChI is InChI=1S/C19H30N4O2/c1-14(2)22-19(25)23-17-6-3-16(4-7-17)13-21-18(24)8-5-15-9-11-20-12-10-15/h3-4,6-7,14-15,20H,5,8-13H2,1-2H3,(H,21,24)(H2,22,23,25). The molecule has 0 bridgehead atoms. The van der Waals surface area contributed by atoms with E-state index in [1.807, 2.05) is 38.1 Å². The molecule has 1 aliphatic heterocycles. The lowest BCUT2D eigenvalue weighted by Gasteiger charge is -2.22. The van der Waals surface area contributed by atoms with E-state index in [0.29, 0.717) is 18.9 Å². The topological polar surface area (TPSA) is 82.3 Å². The molecule has 0 spiro atoms. The lowest BCUT2D eigenvalue weighted by molar-refractivity contribution is -0.121. The van der Waals surface area contributed by atoms with Crippen molar-refractivity contribution in [1.82, 2.24) is 16.0 Å². The SMILES string of the molecule is CC(C)NC(=O)Nc1ccc(CNC(=O)CCC2CCNCC2)cc1. The summed E-state index contributed by atoms with van der Waals surface area (Å²) in [5.74, 6) is 0.784. The zero-order valence-corrected chi connectivity index (χ0v) is 15.2. The summed E-state index contributed by atoms with van der Waals surface area (Å²) in [5, 5.41) is 11.9. The van der Waals surface area contributed by atoms with E-state index >= 15 is 0 Å². The zero-order valence-electron chi connectivity index (χ0n) is 15.2. The Bertz CT molecular complexity index is 551. The fourth-order valence-corrected chi connectivity index (χ4v) is 2.93. The zero-order chi connectivity index (χ0) is 18.1. The number of piperidine rings is 1. The van der Waals surface area contributed by atoms with Crippen LogP contribution in [0.2, 0.25) is 0 Å². The minimum atomic E-state index is -0.214. The van der Waals surface area contributed by atoms with Crippen molar-refractivity contribution >= 4 is 17.6 Å². The van der Waals surface area contributed by atoms with E-state index in [1.165, 1.54) is 12.8 Å². The number of rotatable bonds is 7. The first-order chi connectivity index (χ1) is 12.0. The van der Waals surface area contributed by atoms with E-state index in [2.05, 4.69) is 21.3 Å². The molecule has 3 amide bonds. The molecule has 1 saturated heterocycles. The quantitative estimate of drug-likeness (QED) is 0.612. The number of benzene rings is 1. The van der Waals surface area contributed by atoms with E-state index in [4.69, 9.17) is 0 Å². The van der Waals surface area contributed by atoms with Gasteiger partial charge in [0.15, 0.2) is 0 Å². The summed E-state index contributed by atoms with van der Waals surface area (Å²) in [6.07, 6.45) is 3.92. The van der Waals surface area contributed by atoms with Gasteiger partial charge >= 0.3 is 6.03 Å². The fourth-order valence-electron chi connectivity index (χ4n) is 2.93. The first-order valence-corrected chi connectivity index (χ1v) is 9.17. The second-order valence-corrected chi connectivity index (χ2v) is 6.96. The molecule has 0 atom stereocenters. The minimum Gasteiger partial charge on any atom is -0.352 e. The number of hydrogen-bond acceptors (Lipinski definition) is 3. The van der Waals surface area contributed by atoms with Gasteiger partial charge in [0, 0.05) is 24.7 Å². The third-order valence-corrected chi connectivity index (χ3v) is 4.36. The predicted molar refractivity (Wildman–Crippen MR) is 100 cm³/mol. The molecule has 0 aromatic heterocycles. The Morgan fingerprint density at radius 1 is 1.16 bits per heavy atom. The van der Waals surface area contributed by atoms with Gasteiger partial charge in [-0.25, -0.2) is 4.79 Å². The number of nitrogens with one attached hydrogen (secondary N) is 4. The average molecular weight is 346 g/mol. The summed E-state index contributed by atoms with van der Waals surface area (Å²) in [5.41, 5.74) is 1.75. The number of carbonyl (C=O) groups is 2. The molecule has 6 heteroatoms. The van der Waals surface area contributed by atoms with Crippen molar-refractivity contribution in [3.8, 4) is 0 Å². The second-order valence-electron chi connectivity index (χ2n) is 6.96. The number of carbonyl (C=O) groups excluding carboxylic acids is 2. The van der Waals surface area contributed by atoms with Crippen molar-refractivity contribution in [1.29, 1.82) is 0 Å². The summed E-state index contributed by atoms with van der Waals surface area (Å²) >= 11 is 0. The Hall–Kier alpha value is -2.08. The molecule has 0 saturated carbocycles. The lowest BCUT2D eigenvalue weighted by Crippen LogP contribution is -2.34. The lowest BCUT2D eigenvalue weighted by atomic mass is 9.93. The molecule has 0 radical (unpaired) electrons. The van der Waals surface area contributed by atoms with Gasteiger partial charge in [0.25, 0.3) is 0 Å². The van der Waals surface area contributed by atoms with Crippen LogP contribution in [0.25, 0.3) is 0 Å². The maximum atomic E-state index is 12.0. The molecule has 1 aromatic carbocycles. The minimum absolute atomic E-state index is 0.0966. The normalized spacial score (nSPS) is 15.0. The van der Waals surface area contributed by atoms with Crippen molar-refractivity contribution in [3.05, 3.63) is 29.8 Å². The van der Waals surface area contributed by atoms with E-state index in [9.17, 15) is 9.59 Å². The van der Waals surface area contributed by atoms with Gasteiger partial charge in [-0.05, 0) is 69.8 Å². The van der Waals surface area contributed by atoms with Crippen molar-refractivity contribution < 1.29 is 9.59 Å². The van der Waals surface area contributed by atoms with Crippen LogP contribution in [0.4, 0.5) is 10.5 Å². The van der Waals surface area contributed by atoms with Crippen LogP contribution in [0.5, 0.6) is 0 Å². The smallest absolute Gasteiger partial charge is 0.319 e. The Kier molecular flexibility index (Phi) is 7.73. The Morgan fingerprint density at radius 3 is 2.48 bits per heavy atom. The summed E-state index contributed by atoms with van der Waals surface area (Å²) < 4.78 is 0. The van der Waals surface area contributed by atoms with Gasteiger partial charge in [-0.15, -0.1) is 0 Å². The molecule has 1 fully saturated rings. The first kappa shape index (κ1) is 19.2. The number of hydrogen-bond donors (Lipinski definition) is 4. The highest BCUT2D eigenvalue weighted by molar-refractivity contribution is 5.89. The van der Waals surface area contributed by atoms with Crippen LogP contribution in [0.3, 0.4) is 0 Å². The summed E-state index contributed by atoms with van der Waals surface area (Å²) in [6, 6.07) is 7.40. The molecule has 0 aliphatic carbocycles. The van der Waals surface area contributed by atoms with Gasteiger partial charge in [-0.1, -0.05) is 12.1 Å². The molecule has 2 rings (SSSR count). The molecule has 1 aliphatic rings. The first-order valence-electron chi connectivity index (χ1n) is 9.17. The van der Waals surface area contributed by atoms with Gasteiger partial charge in [0.1, 0.15) is 0 Å². The molecule has 1 heterocycles. The predicted octanol–water partition coefficient (Wildman–Crippen LogP) is 2.61. The van der Waals surface area contributed by atoms with Gasteiger partial charge in [0.05, 0.1) is 0 Å². The van der Waals surface area contributed by atoms with Crippen LogP contribution in [0, 0.1) is 5.92 Å². The van der Waals surface area contributed by atoms with Crippen LogP contribution in [-0.4, -0.2) is 31.1 Å². The second kappa shape index (κ2) is 10.0. The van der Waals surface area contributed by atoms with Gasteiger partial charge in [-0.3, -0.25) is 4.79 Å². The molecular formula is C19H30N4O2. The van der Waals surface area contributed by atoms with Gasteiger partial charge < -0.3 is 21.3 Å². The maximum Gasteiger partial charge on any atom is 0.319 e. The van der Waals surface area contributed by atoms with Crippen LogP contribution in [0.1, 0.15) is 45.1 Å². The number of amides is 3. The monoisotopic (exact) mass is 346 g/mol. The van der Waals surface area contributed by atoms with Crippen molar-refractivity contribution in [2.24, 2.45) is 5.92 Å². The van der Waals surface area contributed by atoms with E-state index in [0.717, 1.165) is 30.8 Å². The van der Waals surface area contributed by atoms with Gasteiger partial charge in [-0.2, -0.15) is 0 Å². The van der Waals surface area contributed by atoms with Gasteiger partial charge in [0.2, 0.25) is 5.91 Å². The third-order valence-electron chi connectivity index (χ3n) is 4.36. The van der Waals surface area contributed by atoms with E-state index in [1.54, 1.807) is 0 Å². The van der Waals surface area contributed by atoms with Crippen LogP contribution < -0.4 is 21.3 Å². The van der Waals surface area contributed by atoms with Crippen LogP contribution >= 0.6 is 0 Å². The fraction of sp³-hybridized carbons (Fsp3) is 0.579. The third kappa shape index (κ3) is 7.56. The Morgan fingerprint density at radius 2 is 1.84 bits per heavy atom. The highest BCUT2D eigenvalue weighted by Crippen LogP contribution is 2.17. The number of urea groups is 1. The van der Waals surface area contributed by atoms with Crippen LogP contribution in [0.15, 0.2) is 24.3 Å². The van der Waals surface area contributed by atoms with E-state index in [-0.39, 0.29) is 18.0 Å². The van der Waals surface area contributed by atoms with Crippen molar-refractivity contribution in [2.45, 2.75) is 52.1 Å². The number of anilines is 1. The van der Waals surface area contributed by atoms with Crippen LogP contribution in [-0.2, 0) is 11.3 Å². The summed E-state index contributed by atoms with van der Waals surface area (Å²) in [7, 11) is 0. The van der Waals surface area contributed by atoms with Crippen molar-refractivity contribution in [2.75, 3.05) is 18.4 Å². The Labute approximate surface area is 150 Å². The summed E-state index contributed by atoms with van der Waals surface area (Å²) in [6.45, 7) is 6.49. The summed E-state index contributed by atoms with van der Waals surface area (Å²) in [4.78, 5) is 23.6. The van der Waals surface area contributed by atoms with Crippen molar-refractivity contribution in [3.63, 3.8) is 0 Å². The molecule has 0 unspecified atom stereocenters. The molecular weight excluding hydrogens is 316 g/mol. The molecule has 1 aromatic rings. The molecule has 25 heavy (non-hydrogen) atoms. The largest absolute Gasteiger partial charge is 0.352 e. The Balaban J connectivity index is 1.68. The highest BCUT2D eigenvalue weighted by atomic mass is 16.2.